The van der Waals surface area contributed by atoms with Gasteiger partial charge in [-0.25, -0.2) is 0 Å². The van der Waals surface area contributed by atoms with Crippen LogP contribution in [0.3, 0.4) is 0 Å². The van der Waals surface area contributed by atoms with Crippen LogP contribution in [-0.2, 0) is 4.74 Å². The number of rotatable bonds is 1. The van der Waals surface area contributed by atoms with E-state index in [2.05, 4.69) is 5.32 Å². The third kappa shape index (κ3) is 1.40. The van der Waals surface area contributed by atoms with Crippen LogP contribution >= 0.6 is 11.6 Å². The Morgan fingerprint density at radius 3 is 3.00 bits per heavy atom. The summed E-state index contributed by atoms with van der Waals surface area (Å²) in [7, 11) is 0. The van der Waals surface area contributed by atoms with Crippen molar-refractivity contribution in [1.82, 2.24) is 5.32 Å². The van der Waals surface area contributed by atoms with Gasteiger partial charge in [-0.2, -0.15) is 0 Å². The molecule has 11 heavy (non-hydrogen) atoms. The van der Waals surface area contributed by atoms with Crippen LogP contribution in [0.1, 0.15) is 12.0 Å². The Morgan fingerprint density at radius 1 is 1.55 bits per heavy atom. The molecule has 1 N–H and O–H groups in total. The van der Waals surface area contributed by atoms with Crippen molar-refractivity contribution in [3.63, 3.8) is 0 Å². The van der Waals surface area contributed by atoms with Gasteiger partial charge in [0.15, 0.2) is 11.4 Å². The molecule has 1 fully saturated rings. The molecule has 1 aliphatic heterocycles. The Bertz CT molecular complexity index is 242. The predicted molar refractivity (Wildman–Crippen MR) is 40.4 cm³/mol. The lowest BCUT2D eigenvalue weighted by Gasteiger charge is -2.04. The zero-order valence-electron chi connectivity index (χ0n) is 5.84. The second-order valence-corrected chi connectivity index (χ2v) is 2.72. The van der Waals surface area contributed by atoms with Crippen molar-refractivity contribution in [3.05, 3.63) is 23.1 Å². The summed E-state index contributed by atoms with van der Waals surface area (Å²) in [6, 6.07) is 3.52. The fraction of sp³-hybridized carbons (Fsp3) is 0.429. The molecule has 1 saturated heterocycles. The summed E-state index contributed by atoms with van der Waals surface area (Å²) in [6.07, 6.45) is -0.109. The van der Waals surface area contributed by atoms with Gasteiger partial charge in [-0.3, -0.25) is 5.32 Å². The molecule has 1 unspecified atom stereocenters. The monoisotopic (exact) mass is 173 g/mol. The number of furan rings is 1. The molecule has 0 aromatic carbocycles. The molecular weight excluding hydrogens is 166 g/mol. The van der Waals surface area contributed by atoms with E-state index >= 15 is 0 Å². The molecule has 0 bridgehead atoms. The standard InChI is InChI=1S/C7H8ClNO2/c8-6-2-1-5(11-6)7-9-3-4-10-7/h1-2,7,9H,3-4H2. The molecule has 2 heterocycles. The van der Waals surface area contributed by atoms with Crippen molar-refractivity contribution < 1.29 is 9.15 Å². The van der Waals surface area contributed by atoms with Gasteiger partial charge in [-0.1, -0.05) is 0 Å². The molecule has 0 amide bonds. The molecule has 0 spiro atoms. The summed E-state index contributed by atoms with van der Waals surface area (Å²) < 4.78 is 10.4. The third-order valence-electron chi connectivity index (χ3n) is 1.57. The zero-order chi connectivity index (χ0) is 7.68. The number of ether oxygens (including phenoxy) is 1. The molecule has 4 heteroatoms. The molecule has 60 valence electrons. The Kier molecular flexibility index (Phi) is 1.85. The van der Waals surface area contributed by atoms with Crippen molar-refractivity contribution >= 4 is 11.6 Å². The van der Waals surface area contributed by atoms with Gasteiger partial charge >= 0.3 is 0 Å². The molecule has 0 aliphatic carbocycles. The fourth-order valence-electron chi connectivity index (χ4n) is 1.08. The lowest BCUT2D eigenvalue weighted by atomic mass is 10.4. The van der Waals surface area contributed by atoms with E-state index in [-0.39, 0.29) is 6.23 Å². The van der Waals surface area contributed by atoms with Crippen molar-refractivity contribution in [2.24, 2.45) is 0 Å². The number of nitrogens with one attached hydrogen (secondary N) is 1. The second-order valence-electron chi connectivity index (χ2n) is 2.35. The lowest BCUT2D eigenvalue weighted by molar-refractivity contribution is 0.0834. The van der Waals surface area contributed by atoms with E-state index in [0.717, 1.165) is 18.9 Å². The van der Waals surface area contributed by atoms with Gasteiger partial charge in [0.2, 0.25) is 0 Å². The van der Waals surface area contributed by atoms with Crippen LogP contribution in [0.2, 0.25) is 5.22 Å². The van der Waals surface area contributed by atoms with Crippen LogP contribution in [0.4, 0.5) is 0 Å². The topological polar surface area (TPSA) is 34.4 Å². The van der Waals surface area contributed by atoms with Crippen molar-refractivity contribution in [3.8, 4) is 0 Å². The first-order valence-corrected chi connectivity index (χ1v) is 3.84. The summed E-state index contributed by atoms with van der Waals surface area (Å²) in [5, 5.41) is 3.51. The summed E-state index contributed by atoms with van der Waals surface area (Å²) in [4.78, 5) is 0. The SMILES string of the molecule is Clc1ccc(C2NCCO2)o1. The Hall–Kier alpha value is -0.510. The van der Waals surface area contributed by atoms with E-state index in [1.54, 1.807) is 6.07 Å². The van der Waals surface area contributed by atoms with Crippen LogP contribution in [0, 0.1) is 0 Å². The van der Waals surface area contributed by atoms with Gasteiger partial charge in [0.25, 0.3) is 0 Å². The van der Waals surface area contributed by atoms with E-state index in [9.17, 15) is 0 Å². The molecule has 1 atom stereocenters. The van der Waals surface area contributed by atoms with E-state index in [0.29, 0.717) is 5.22 Å². The quantitative estimate of drug-likeness (QED) is 0.700. The highest BCUT2D eigenvalue weighted by Gasteiger charge is 2.19. The van der Waals surface area contributed by atoms with Gasteiger partial charge in [0.1, 0.15) is 5.76 Å². The number of hydrogen-bond donors (Lipinski definition) is 1. The maximum Gasteiger partial charge on any atom is 0.193 e. The van der Waals surface area contributed by atoms with Crippen LogP contribution in [-0.4, -0.2) is 13.2 Å². The third-order valence-corrected chi connectivity index (χ3v) is 1.77. The molecule has 2 rings (SSSR count). The van der Waals surface area contributed by atoms with Crippen LogP contribution in [0.25, 0.3) is 0 Å². The van der Waals surface area contributed by atoms with E-state index in [1.165, 1.54) is 0 Å². The Balaban J connectivity index is 2.15. The normalized spacial score (nSPS) is 24.3. The number of hydrogen-bond acceptors (Lipinski definition) is 3. The summed E-state index contributed by atoms with van der Waals surface area (Å²) in [6.45, 7) is 1.59. The smallest absolute Gasteiger partial charge is 0.193 e. The maximum atomic E-state index is 5.59. The van der Waals surface area contributed by atoms with Crippen LogP contribution in [0.5, 0.6) is 0 Å². The fourth-order valence-corrected chi connectivity index (χ4v) is 1.23. The predicted octanol–water partition coefficient (Wildman–Crippen LogP) is 1.55. The lowest BCUT2D eigenvalue weighted by Crippen LogP contribution is -2.12. The Labute approximate surface area is 69.3 Å². The van der Waals surface area contributed by atoms with E-state index in [1.807, 2.05) is 6.07 Å². The van der Waals surface area contributed by atoms with Crippen LogP contribution < -0.4 is 5.32 Å². The summed E-state index contributed by atoms with van der Waals surface area (Å²) in [5.74, 6) is 0.743. The molecule has 1 aliphatic rings. The van der Waals surface area contributed by atoms with Crippen molar-refractivity contribution in [2.45, 2.75) is 6.23 Å². The van der Waals surface area contributed by atoms with Gasteiger partial charge in [0.05, 0.1) is 6.61 Å². The minimum Gasteiger partial charge on any atom is -0.445 e. The average molecular weight is 174 g/mol. The zero-order valence-corrected chi connectivity index (χ0v) is 6.60. The molecule has 1 aromatic heterocycles. The maximum absolute atomic E-state index is 5.59. The Morgan fingerprint density at radius 2 is 2.45 bits per heavy atom. The van der Waals surface area contributed by atoms with E-state index in [4.69, 9.17) is 20.8 Å². The van der Waals surface area contributed by atoms with Gasteiger partial charge in [-0.05, 0) is 23.7 Å². The van der Waals surface area contributed by atoms with Crippen molar-refractivity contribution in [1.29, 1.82) is 0 Å². The minimum atomic E-state index is -0.109. The molecule has 1 aromatic rings. The highest BCUT2D eigenvalue weighted by molar-refractivity contribution is 6.28. The molecule has 0 saturated carbocycles. The highest BCUT2D eigenvalue weighted by Crippen LogP contribution is 2.22. The molecule has 3 nitrogen and oxygen atoms in total. The summed E-state index contributed by atoms with van der Waals surface area (Å²) >= 11 is 5.59. The second kappa shape index (κ2) is 2.85. The minimum absolute atomic E-state index is 0.109. The molecule has 0 radical (unpaired) electrons. The number of halogens is 1. The van der Waals surface area contributed by atoms with E-state index < -0.39 is 0 Å². The summed E-state index contributed by atoms with van der Waals surface area (Å²) in [5.41, 5.74) is 0. The first-order chi connectivity index (χ1) is 5.36. The molecular formula is C7H8ClNO2. The first-order valence-electron chi connectivity index (χ1n) is 3.46. The van der Waals surface area contributed by atoms with Gasteiger partial charge in [-0.15, -0.1) is 0 Å². The van der Waals surface area contributed by atoms with Gasteiger partial charge in [0, 0.05) is 6.54 Å². The largest absolute Gasteiger partial charge is 0.445 e. The van der Waals surface area contributed by atoms with Crippen LogP contribution in [0.15, 0.2) is 16.5 Å². The van der Waals surface area contributed by atoms with Gasteiger partial charge < -0.3 is 9.15 Å². The van der Waals surface area contributed by atoms with Crippen molar-refractivity contribution in [2.75, 3.05) is 13.2 Å². The highest BCUT2D eigenvalue weighted by atomic mass is 35.5. The first kappa shape index (κ1) is 7.16. The average Bonchev–Trinajstić information content (AvgIpc) is 2.55.